The zero-order chi connectivity index (χ0) is 18.0. The third-order valence-corrected chi connectivity index (χ3v) is 4.57. The van der Waals surface area contributed by atoms with Crippen LogP contribution >= 0.6 is 8.60 Å². The molecule has 1 fully saturated rings. The normalized spacial score (nSPS) is 16.8. The van der Waals surface area contributed by atoms with Gasteiger partial charge in [-0.15, -0.1) is 0 Å². The summed E-state index contributed by atoms with van der Waals surface area (Å²) < 4.78 is 16.0. The van der Waals surface area contributed by atoms with Gasteiger partial charge in [-0.2, -0.15) is 0 Å². The number of likely N-dealkylation sites (tertiary alicyclic amines) is 1. The molecule has 1 heterocycles. The van der Waals surface area contributed by atoms with Crippen LogP contribution in [0.5, 0.6) is 0 Å². The fraction of sp³-hybridized carbons (Fsp3) is 0.941. The van der Waals surface area contributed by atoms with E-state index in [1.54, 1.807) is 4.90 Å². The van der Waals surface area contributed by atoms with Gasteiger partial charge in [0.2, 0.25) is 0 Å². The van der Waals surface area contributed by atoms with Gasteiger partial charge in [0.15, 0.2) is 0 Å². The molecule has 0 radical (unpaired) electrons. The second-order valence-corrected chi connectivity index (χ2v) is 8.25. The van der Waals surface area contributed by atoms with Crippen molar-refractivity contribution in [2.24, 2.45) is 0 Å². The van der Waals surface area contributed by atoms with E-state index in [-0.39, 0.29) is 12.2 Å². The summed E-state index contributed by atoms with van der Waals surface area (Å²) in [6.45, 7) is 9.13. The molecule has 0 aromatic heterocycles. The largest absolute Gasteiger partial charge is 0.444 e. The van der Waals surface area contributed by atoms with Gasteiger partial charge in [0.05, 0.1) is 19.7 Å². The van der Waals surface area contributed by atoms with E-state index < -0.39 is 14.2 Å². The average molecular weight is 363 g/mol. The molecule has 1 aliphatic heterocycles. The molecule has 0 aliphatic carbocycles. The molecule has 1 unspecified atom stereocenters. The number of hydrogen-bond acceptors (Lipinski definition) is 5. The van der Waals surface area contributed by atoms with E-state index in [4.69, 9.17) is 13.8 Å². The molecule has 0 bridgehead atoms. The lowest BCUT2D eigenvalue weighted by Crippen LogP contribution is -2.55. The van der Waals surface area contributed by atoms with Gasteiger partial charge in [0.1, 0.15) is 11.7 Å². The highest BCUT2D eigenvalue weighted by Gasteiger charge is 2.36. The van der Waals surface area contributed by atoms with Crippen molar-refractivity contribution < 1.29 is 23.5 Å². The minimum Gasteiger partial charge on any atom is -0.444 e. The van der Waals surface area contributed by atoms with Crippen LogP contribution in [-0.2, 0) is 13.8 Å². The van der Waals surface area contributed by atoms with E-state index in [1.165, 1.54) is 32.1 Å². The van der Waals surface area contributed by atoms with Gasteiger partial charge in [0, 0.05) is 0 Å². The molecule has 24 heavy (non-hydrogen) atoms. The Morgan fingerprint density at radius 3 is 2.29 bits per heavy atom. The van der Waals surface area contributed by atoms with E-state index >= 15 is 0 Å². The van der Waals surface area contributed by atoms with Crippen LogP contribution in [0, 0.1) is 0 Å². The number of ether oxygens (including phenoxy) is 1. The Morgan fingerprint density at radius 2 is 1.71 bits per heavy atom. The van der Waals surface area contributed by atoms with Crippen LogP contribution in [0.25, 0.3) is 0 Å². The zero-order valence-electron chi connectivity index (χ0n) is 15.6. The van der Waals surface area contributed by atoms with Crippen molar-refractivity contribution in [1.29, 1.82) is 0 Å². The summed E-state index contributed by atoms with van der Waals surface area (Å²) in [6, 6.07) is 0. The maximum absolute atomic E-state index is 11.8. The lowest BCUT2D eigenvalue weighted by molar-refractivity contribution is -0.0267. The van der Waals surface area contributed by atoms with Crippen molar-refractivity contribution in [2.45, 2.75) is 84.3 Å². The first kappa shape index (κ1) is 21.6. The molecule has 6 nitrogen and oxygen atoms in total. The molecule has 1 saturated heterocycles. The number of unbranched alkanes of at least 4 members (excludes halogenated alkanes) is 6. The molecule has 1 rings (SSSR count). The van der Waals surface area contributed by atoms with Gasteiger partial charge in [-0.25, -0.2) is 4.79 Å². The lowest BCUT2D eigenvalue weighted by atomic mass is 10.1. The first-order chi connectivity index (χ1) is 11.3. The Bertz CT molecular complexity index is 355. The van der Waals surface area contributed by atoms with Crippen LogP contribution < -0.4 is 0 Å². The second kappa shape index (κ2) is 11.2. The Kier molecular flexibility index (Phi) is 10.1. The van der Waals surface area contributed by atoms with Gasteiger partial charge < -0.3 is 23.6 Å². The number of hydrogen-bond donors (Lipinski definition) is 1. The van der Waals surface area contributed by atoms with E-state index in [1.807, 2.05) is 20.8 Å². The van der Waals surface area contributed by atoms with Crippen molar-refractivity contribution in [3.63, 3.8) is 0 Å². The predicted octanol–water partition coefficient (Wildman–Crippen LogP) is 4.61. The number of rotatable bonds is 11. The SMILES string of the molecule is CCCCCCCCCOP(O)OC1CN(C(=O)OC(C)(C)C)C1. The highest BCUT2D eigenvalue weighted by Crippen LogP contribution is 2.37. The number of carbonyl (C=O) groups is 1. The van der Waals surface area contributed by atoms with Crippen LogP contribution in [0.3, 0.4) is 0 Å². The zero-order valence-corrected chi connectivity index (χ0v) is 16.5. The third-order valence-electron chi connectivity index (χ3n) is 3.69. The Morgan fingerprint density at radius 1 is 1.12 bits per heavy atom. The number of amides is 1. The van der Waals surface area contributed by atoms with Gasteiger partial charge in [-0.1, -0.05) is 45.4 Å². The molecular formula is C17H34NO5P. The fourth-order valence-electron chi connectivity index (χ4n) is 2.34. The Hall–Kier alpha value is -0.420. The summed E-state index contributed by atoms with van der Waals surface area (Å²) >= 11 is 0. The quantitative estimate of drug-likeness (QED) is 0.429. The maximum Gasteiger partial charge on any atom is 0.410 e. The molecule has 7 heteroatoms. The van der Waals surface area contributed by atoms with Crippen molar-refractivity contribution in [1.82, 2.24) is 4.90 Å². The summed E-state index contributed by atoms with van der Waals surface area (Å²) in [6.07, 6.45) is 7.96. The highest BCUT2D eigenvalue weighted by molar-refractivity contribution is 7.40. The molecule has 1 N–H and O–H groups in total. The minimum atomic E-state index is -1.85. The third kappa shape index (κ3) is 9.77. The van der Waals surface area contributed by atoms with Gasteiger partial charge in [-0.05, 0) is 27.2 Å². The summed E-state index contributed by atoms with van der Waals surface area (Å²) in [5.41, 5.74) is -0.494. The van der Waals surface area contributed by atoms with Crippen LogP contribution in [0.4, 0.5) is 4.79 Å². The average Bonchev–Trinajstić information content (AvgIpc) is 2.43. The van der Waals surface area contributed by atoms with Crippen LogP contribution in [0.1, 0.15) is 72.6 Å². The predicted molar refractivity (Wildman–Crippen MR) is 95.8 cm³/mol. The fourth-order valence-corrected chi connectivity index (χ4v) is 3.07. The van der Waals surface area contributed by atoms with Gasteiger partial charge >= 0.3 is 14.7 Å². The summed E-state index contributed by atoms with van der Waals surface area (Å²) in [5.74, 6) is 0. The molecule has 0 saturated carbocycles. The number of carbonyl (C=O) groups excluding carboxylic acids is 1. The van der Waals surface area contributed by atoms with E-state index in [0.717, 1.165) is 12.8 Å². The summed E-state index contributed by atoms with van der Waals surface area (Å²) in [7, 11) is -1.85. The Balaban J connectivity index is 1.98. The molecular weight excluding hydrogens is 329 g/mol. The highest BCUT2D eigenvalue weighted by atomic mass is 31.2. The maximum atomic E-state index is 11.8. The first-order valence-corrected chi connectivity index (χ1v) is 10.2. The van der Waals surface area contributed by atoms with Crippen LogP contribution in [-0.4, -0.2) is 47.3 Å². The van der Waals surface area contributed by atoms with Gasteiger partial charge in [0.25, 0.3) is 0 Å². The lowest BCUT2D eigenvalue weighted by Gasteiger charge is -2.39. The topological polar surface area (TPSA) is 68.2 Å². The standard InChI is InChI=1S/C17H34NO5P/c1-5-6-7-8-9-10-11-12-21-24(20)23-15-13-18(14-15)16(19)22-17(2,3)4/h15,20H,5-14H2,1-4H3. The molecule has 0 aromatic rings. The van der Waals surface area contributed by atoms with Crippen LogP contribution in [0.15, 0.2) is 0 Å². The second-order valence-electron chi connectivity index (χ2n) is 7.31. The molecule has 0 aromatic carbocycles. The molecule has 1 amide bonds. The van der Waals surface area contributed by atoms with Crippen molar-refractivity contribution >= 4 is 14.7 Å². The molecule has 1 atom stereocenters. The van der Waals surface area contributed by atoms with E-state index in [2.05, 4.69) is 6.92 Å². The smallest absolute Gasteiger partial charge is 0.410 e. The van der Waals surface area contributed by atoms with Crippen molar-refractivity contribution in [2.75, 3.05) is 19.7 Å². The van der Waals surface area contributed by atoms with Crippen LogP contribution in [0.2, 0.25) is 0 Å². The van der Waals surface area contributed by atoms with Crippen molar-refractivity contribution in [3.8, 4) is 0 Å². The first-order valence-electron chi connectivity index (χ1n) is 9.08. The molecule has 0 spiro atoms. The monoisotopic (exact) mass is 363 g/mol. The van der Waals surface area contributed by atoms with Crippen molar-refractivity contribution in [3.05, 3.63) is 0 Å². The molecule has 142 valence electrons. The summed E-state index contributed by atoms with van der Waals surface area (Å²) in [4.78, 5) is 23.1. The summed E-state index contributed by atoms with van der Waals surface area (Å²) in [5, 5.41) is 0. The minimum absolute atomic E-state index is 0.164. The van der Waals surface area contributed by atoms with Gasteiger partial charge in [-0.3, -0.25) is 0 Å². The number of nitrogens with zero attached hydrogens (tertiary/aromatic N) is 1. The van der Waals surface area contributed by atoms with E-state index in [0.29, 0.717) is 19.7 Å². The Labute approximate surface area is 147 Å². The van der Waals surface area contributed by atoms with E-state index in [9.17, 15) is 9.69 Å². The molecule has 1 aliphatic rings.